The van der Waals surface area contributed by atoms with Crippen molar-refractivity contribution in [1.82, 2.24) is 10.2 Å². The number of aryl methyl sites for hydroxylation is 1. The molecule has 0 aromatic heterocycles. The van der Waals surface area contributed by atoms with Gasteiger partial charge >= 0.3 is 0 Å². The van der Waals surface area contributed by atoms with Crippen LogP contribution in [0.5, 0.6) is 5.75 Å². The quantitative estimate of drug-likeness (QED) is 0.478. The number of fused-ring (bicyclic) bond motifs is 1. The first-order valence-corrected chi connectivity index (χ1v) is 14.3. The second-order valence-electron chi connectivity index (χ2n) is 9.49. The van der Waals surface area contributed by atoms with Gasteiger partial charge in [0.15, 0.2) is 6.10 Å². The summed E-state index contributed by atoms with van der Waals surface area (Å²) >= 11 is 6.18. The number of morpholine rings is 1. The Balaban J connectivity index is 1.28. The molecular formula is C28H30ClN3O5S. The lowest BCUT2D eigenvalue weighted by molar-refractivity contribution is -0.127. The van der Waals surface area contributed by atoms with E-state index < -0.39 is 22.0 Å². The lowest BCUT2D eigenvalue weighted by atomic mass is 10.1. The van der Waals surface area contributed by atoms with Gasteiger partial charge < -0.3 is 14.8 Å². The van der Waals surface area contributed by atoms with Crippen molar-refractivity contribution in [2.75, 3.05) is 37.2 Å². The highest BCUT2D eigenvalue weighted by Gasteiger charge is 2.37. The highest BCUT2D eigenvalue weighted by atomic mass is 35.5. The van der Waals surface area contributed by atoms with Crippen molar-refractivity contribution in [3.05, 3.63) is 88.4 Å². The minimum absolute atomic E-state index is 0.132. The van der Waals surface area contributed by atoms with Crippen molar-refractivity contribution in [3.8, 4) is 5.75 Å². The Morgan fingerprint density at radius 2 is 1.68 bits per heavy atom. The van der Waals surface area contributed by atoms with Crippen molar-refractivity contribution >= 4 is 33.2 Å². The van der Waals surface area contributed by atoms with Gasteiger partial charge in [-0.2, -0.15) is 0 Å². The zero-order valence-electron chi connectivity index (χ0n) is 21.1. The van der Waals surface area contributed by atoms with Crippen LogP contribution in [0.25, 0.3) is 0 Å². The standard InChI is InChI=1S/C28H30ClN3O5S/c1-20-2-9-24(10-3-20)38(34,35)32-19-27(37-26-11-8-23(29)16-25(26)32)28(33)30-17-21-4-6-22(7-5-21)18-31-12-14-36-15-13-31/h2-11,16,27H,12-15,17-19H2,1H3,(H,30,33)/t27-/m0/s1. The zero-order valence-corrected chi connectivity index (χ0v) is 22.7. The summed E-state index contributed by atoms with van der Waals surface area (Å²) in [6.07, 6.45) is -1.02. The number of carbonyl (C=O) groups excluding carboxylic acids is 1. The molecule has 0 unspecified atom stereocenters. The van der Waals surface area contributed by atoms with Gasteiger partial charge in [0.05, 0.1) is 30.3 Å². The predicted octanol–water partition coefficient (Wildman–Crippen LogP) is 3.75. The summed E-state index contributed by atoms with van der Waals surface area (Å²) in [5, 5.41) is 3.26. The van der Waals surface area contributed by atoms with E-state index >= 15 is 0 Å². The van der Waals surface area contributed by atoms with Crippen LogP contribution in [0.1, 0.15) is 16.7 Å². The van der Waals surface area contributed by atoms with Crippen LogP contribution >= 0.6 is 11.6 Å². The van der Waals surface area contributed by atoms with E-state index in [4.69, 9.17) is 21.1 Å². The van der Waals surface area contributed by atoms with E-state index in [1.807, 2.05) is 19.1 Å². The van der Waals surface area contributed by atoms with Gasteiger partial charge in [0, 0.05) is 31.2 Å². The number of rotatable bonds is 7. The topological polar surface area (TPSA) is 88.2 Å². The van der Waals surface area contributed by atoms with Crippen LogP contribution < -0.4 is 14.4 Å². The third-order valence-electron chi connectivity index (χ3n) is 6.69. The molecule has 3 aromatic carbocycles. The zero-order chi connectivity index (χ0) is 26.7. The SMILES string of the molecule is Cc1ccc(S(=O)(=O)N2C[C@@H](C(=O)NCc3ccc(CN4CCOCC4)cc3)Oc3ccc(Cl)cc32)cc1. The second-order valence-corrected chi connectivity index (χ2v) is 11.8. The van der Waals surface area contributed by atoms with Crippen molar-refractivity contribution in [1.29, 1.82) is 0 Å². The molecule has 1 amide bonds. The molecular weight excluding hydrogens is 526 g/mol. The molecule has 38 heavy (non-hydrogen) atoms. The Hall–Kier alpha value is -3.11. The number of carbonyl (C=O) groups is 1. The third kappa shape index (κ3) is 5.96. The van der Waals surface area contributed by atoms with Gasteiger partial charge in [0.1, 0.15) is 5.75 Å². The fourth-order valence-corrected chi connectivity index (χ4v) is 6.14. The molecule has 0 aliphatic carbocycles. The second kappa shape index (κ2) is 11.3. The van der Waals surface area contributed by atoms with Crippen molar-refractivity contribution < 1.29 is 22.7 Å². The smallest absolute Gasteiger partial charge is 0.264 e. The summed E-state index contributed by atoms with van der Waals surface area (Å²) in [6, 6.07) is 19.4. The minimum Gasteiger partial charge on any atom is -0.476 e. The highest BCUT2D eigenvalue weighted by Crippen LogP contribution is 2.39. The van der Waals surface area contributed by atoms with E-state index in [1.54, 1.807) is 36.4 Å². The van der Waals surface area contributed by atoms with Crippen molar-refractivity contribution in [2.24, 2.45) is 0 Å². The third-order valence-corrected chi connectivity index (χ3v) is 8.72. The summed E-state index contributed by atoms with van der Waals surface area (Å²) in [4.78, 5) is 15.6. The van der Waals surface area contributed by atoms with Gasteiger partial charge in [-0.3, -0.25) is 14.0 Å². The summed E-state index contributed by atoms with van der Waals surface area (Å²) in [7, 11) is -3.96. The van der Waals surface area contributed by atoms with E-state index in [2.05, 4.69) is 22.3 Å². The normalized spacial score (nSPS) is 17.9. The van der Waals surface area contributed by atoms with Gasteiger partial charge in [0.25, 0.3) is 15.9 Å². The number of hydrogen-bond donors (Lipinski definition) is 1. The minimum atomic E-state index is -3.96. The van der Waals surface area contributed by atoms with Gasteiger partial charge in [-0.05, 0) is 48.4 Å². The van der Waals surface area contributed by atoms with Gasteiger partial charge in [-0.1, -0.05) is 53.6 Å². The van der Waals surface area contributed by atoms with Crippen LogP contribution in [0.15, 0.2) is 71.6 Å². The Morgan fingerprint density at radius 3 is 2.39 bits per heavy atom. The van der Waals surface area contributed by atoms with Crippen molar-refractivity contribution in [3.63, 3.8) is 0 Å². The molecule has 8 nitrogen and oxygen atoms in total. The average molecular weight is 556 g/mol. The number of halogens is 1. The van der Waals surface area contributed by atoms with Crippen LogP contribution in [0, 0.1) is 6.92 Å². The molecule has 200 valence electrons. The Morgan fingerprint density at radius 1 is 1.00 bits per heavy atom. The number of hydrogen-bond acceptors (Lipinski definition) is 6. The molecule has 10 heteroatoms. The van der Waals surface area contributed by atoms with Gasteiger partial charge in [-0.25, -0.2) is 8.42 Å². The maximum Gasteiger partial charge on any atom is 0.264 e. The summed E-state index contributed by atoms with van der Waals surface area (Å²) < 4.78 is 39.7. The molecule has 2 aliphatic rings. The fraction of sp³-hybridized carbons (Fsp3) is 0.321. The van der Waals surface area contributed by atoms with E-state index in [1.165, 1.54) is 15.9 Å². The molecule has 2 aliphatic heterocycles. The monoisotopic (exact) mass is 555 g/mol. The lowest BCUT2D eigenvalue weighted by Gasteiger charge is -2.35. The Labute approximate surface area is 228 Å². The first kappa shape index (κ1) is 26.5. The van der Waals surface area contributed by atoms with Crippen LogP contribution in [0.2, 0.25) is 5.02 Å². The van der Waals surface area contributed by atoms with Crippen LogP contribution in [-0.2, 0) is 32.6 Å². The van der Waals surface area contributed by atoms with E-state index in [0.29, 0.717) is 17.3 Å². The van der Waals surface area contributed by atoms with E-state index in [0.717, 1.165) is 44.0 Å². The number of amides is 1. The number of nitrogens with zero attached hydrogens (tertiary/aromatic N) is 2. The van der Waals surface area contributed by atoms with Crippen molar-refractivity contribution in [2.45, 2.75) is 31.0 Å². The van der Waals surface area contributed by atoms with Gasteiger partial charge in [0.2, 0.25) is 0 Å². The van der Waals surface area contributed by atoms with Crippen LogP contribution in [0.4, 0.5) is 5.69 Å². The highest BCUT2D eigenvalue weighted by molar-refractivity contribution is 7.92. The fourth-order valence-electron chi connectivity index (χ4n) is 4.51. The molecule has 0 spiro atoms. The maximum absolute atomic E-state index is 13.6. The largest absolute Gasteiger partial charge is 0.476 e. The van der Waals surface area contributed by atoms with E-state index in [9.17, 15) is 13.2 Å². The Bertz CT molecular complexity index is 1390. The first-order valence-electron chi connectivity index (χ1n) is 12.5. The van der Waals surface area contributed by atoms with Crippen LogP contribution in [0.3, 0.4) is 0 Å². The molecule has 0 bridgehead atoms. The van der Waals surface area contributed by atoms with E-state index in [-0.39, 0.29) is 17.2 Å². The molecule has 0 saturated carbocycles. The first-order chi connectivity index (χ1) is 18.3. The summed E-state index contributed by atoms with van der Waals surface area (Å²) in [6.45, 7) is 6.24. The molecule has 1 saturated heterocycles. The summed E-state index contributed by atoms with van der Waals surface area (Å²) in [5.41, 5.74) is 3.39. The molecule has 1 atom stereocenters. The molecule has 5 rings (SSSR count). The predicted molar refractivity (Wildman–Crippen MR) is 146 cm³/mol. The number of nitrogens with one attached hydrogen (secondary N) is 1. The lowest BCUT2D eigenvalue weighted by Crippen LogP contribution is -2.50. The summed E-state index contributed by atoms with van der Waals surface area (Å²) in [5.74, 6) is -0.115. The molecule has 1 fully saturated rings. The molecule has 2 heterocycles. The molecule has 1 N–H and O–H groups in total. The molecule has 3 aromatic rings. The Kier molecular flexibility index (Phi) is 7.90. The molecule has 0 radical (unpaired) electrons. The number of anilines is 1. The maximum atomic E-state index is 13.6. The van der Waals surface area contributed by atoms with Crippen LogP contribution in [-0.4, -0.2) is 58.2 Å². The van der Waals surface area contributed by atoms with Gasteiger partial charge in [-0.15, -0.1) is 0 Å². The number of ether oxygens (including phenoxy) is 2. The number of sulfonamides is 1. The average Bonchev–Trinajstić information content (AvgIpc) is 2.92. The number of benzene rings is 3.